The highest BCUT2D eigenvalue weighted by Gasteiger charge is 2.22. The molecule has 1 aliphatic heterocycles. The number of hydrogen-bond donors (Lipinski definition) is 4. The Balaban J connectivity index is 2.36. The summed E-state index contributed by atoms with van der Waals surface area (Å²) in [5.74, 6) is -0.717. The molecule has 0 spiro atoms. The van der Waals surface area contributed by atoms with Gasteiger partial charge in [-0.05, 0) is 6.92 Å². The number of nitrogens with two attached hydrogens (primary N) is 1. The third-order valence-electron chi connectivity index (χ3n) is 2.14. The van der Waals surface area contributed by atoms with Crippen LogP contribution >= 0.6 is 0 Å². The van der Waals surface area contributed by atoms with Gasteiger partial charge in [0.2, 0.25) is 11.8 Å². The van der Waals surface area contributed by atoms with Crippen LogP contribution in [0.4, 0.5) is 0 Å². The zero-order chi connectivity index (χ0) is 10.6. The highest BCUT2D eigenvalue weighted by molar-refractivity contribution is 5.88. The van der Waals surface area contributed by atoms with Gasteiger partial charge < -0.3 is 21.7 Å². The zero-order valence-electron chi connectivity index (χ0n) is 8.17. The van der Waals surface area contributed by atoms with Crippen LogP contribution in [0.15, 0.2) is 0 Å². The van der Waals surface area contributed by atoms with E-state index in [0.29, 0.717) is 6.54 Å². The number of primary amides is 1. The molecule has 1 heterocycles. The maximum absolute atomic E-state index is 11.5. The second-order valence-electron chi connectivity index (χ2n) is 3.34. The fourth-order valence-corrected chi connectivity index (χ4v) is 1.22. The minimum atomic E-state index is -0.619. The number of rotatable bonds is 3. The number of carbonyl (C=O) groups excluding carboxylic acids is 2. The number of carbonyl (C=O) groups is 2. The maximum Gasteiger partial charge on any atom is 0.239 e. The molecule has 1 saturated heterocycles. The van der Waals surface area contributed by atoms with Gasteiger partial charge in [0.15, 0.2) is 0 Å². The minimum Gasteiger partial charge on any atom is -0.368 e. The topological polar surface area (TPSA) is 96.2 Å². The Hall–Kier alpha value is -1.14. The molecule has 2 atom stereocenters. The fourth-order valence-electron chi connectivity index (χ4n) is 1.22. The van der Waals surface area contributed by atoms with Crippen molar-refractivity contribution < 1.29 is 9.59 Å². The summed E-state index contributed by atoms with van der Waals surface area (Å²) in [6, 6.07) is -0.892. The summed E-state index contributed by atoms with van der Waals surface area (Å²) in [4.78, 5) is 22.2. The minimum absolute atomic E-state index is 0.191. The Bertz CT molecular complexity index is 225. The average Bonchev–Trinajstić information content (AvgIpc) is 2.19. The predicted molar refractivity (Wildman–Crippen MR) is 51.5 cm³/mol. The predicted octanol–water partition coefficient (Wildman–Crippen LogP) is -2.46. The molecule has 0 bridgehead atoms. The number of nitrogens with one attached hydrogen (secondary N) is 3. The van der Waals surface area contributed by atoms with E-state index in [0.717, 1.165) is 13.1 Å². The standard InChI is InChI=1S/C8H16N4O2/c1-5(7(9)13)12-8(14)6-4-10-2-3-11-6/h5-6,10-11H,2-4H2,1H3,(H2,9,13)(H,12,14). The van der Waals surface area contributed by atoms with Gasteiger partial charge in [0.05, 0.1) is 6.04 Å². The quantitative estimate of drug-likeness (QED) is 0.406. The second kappa shape index (κ2) is 4.92. The molecule has 1 rings (SSSR count). The molecule has 2 unspecified atom stereocenters. The van der Waals surface area contributed by atoms with Crippen molar-refractivity contribution in [3.05, 3.63) is 0 Å². The molecule has 1 fully saturated rings. The van der Waals surface area contributed by atoms with Crippen LogP contribution in [-0.2, 0) is 9.59 Å². The van der Waals surface area contributed by atoms with Crippen LogP contribution in [0.2, 0.25) is 0 Å². The molecule has 2 amide bonds. The Kier molecular flexibility index (Phi) is 3.84. The van der Waals surface area contributed by atoms with E-state index in [1.165, 1.54) is 0 Å². The van der Waals surface area contributed by atoms with Crippen LogP contribution in [-0.4, -0.2) is 43.5 Å². The number of piperazine rings is 1. The molecule has 0 radical (unpaired) electrons. The molecule has 0 aromatic carbocycles. The van der Waals surface area contributed by atoms with Gasteiger partial charge in [0, 0.05) is 19.6 Å². The first-order valence-electron chi connectivity index (χ1n) is 4.65. The highest BCUT2D eigenvalue weighted by Crippen LogP contribution is 1.89. The van der Waals surface area contributed by atoms with Crippen molar-refractivity contribution in [2.45, 2.75) is 19.0 Å². The van der Waals surface area contributed by atoms with Crippen molar-refractivity contribution in [2.24, 2.45) is 5.73 Å². The lowest BCUT2D eigenvalue weighted by Gasteiger charge is -2.24. The summed E-state index contributed by atoms with van der Waals surface area (Å²) >= 11 is 0. The molecule has 1 aliphatic rings. The molecule has 80 valence electrons. The molecule has 0 aromatic heterocycles. The summed E-state index contributed by atoms with van der Waals surface area (Å²) in [6.07, 6.45) is 0. The van der Waals surface area contributed by atoms with Crippen molar-refractivity contribution in [2.75, 3.05) is 19.6 Å². The molecular formula is C8H16N4O2. The van der Waals surface area contributed by atoms with Gasteiger partial charge in [-0.25, -0.2) is 0 Å². The molecule has 5 N–H and O–H groups in total. The van der Waals surface area contributed by atoms with Crippen LogP contribution in [0.1, 0.15) is 6.92 Å². The van der Waals surface area contributed by atoms with E-state index in [1.807, 2.05) is 0 Å². The molecular weight excluding hydrogens is 184 g/mol. The molecule has 0 saturated carbocycles. The first kappa shape index (κ1) is 10.9. The van der Waals surface area contributed by atoms with Crippen LogP contribution < -0.4 is 21.7 Å². The van der Waals surface area contributed by atoms with E-state index < -0.39 is 11.9 Å². The van der Waals surface area contributed by atoms with E-state index in [4.69, 9.17) is 5.73 Å². The molecule has 6 heteroatoms. The summed E-state index contributed by atoms with van der Waals surface area (Å²) in [6.45, 7) is 3.76. The van der Waals surface area contributed by atoms with Gasteiger partial charge in [0.25, 0.3) is 0 Å². The SMILES string of the molecule is CC(NC(=O)C1CNCCN1)C(N)=O. The molecule has 0 aliphatic carbocycles. The highest BCUT2D eigenvalue weighted by atomic mass is 16.2. The van der Waals surface area contributed by atoms with E-state index in [2.05, 4.69) is 16.0 Å². The Morgan fingerprint density at radius 3 is 2.71 bits per heavy atom. The number of hydrogen-bond acceptors (Lipinski definition) is 4. The van der Waals surface area contributed by atoms with E-state index in [9.17, 15) is 9.59 Å². The van der Waals surface area contributed by atoms with Gasteiger partial charge in [0.1, 0.15) is 6.04 Å². The van der Waals surface area contributed by atoms with E-state index in [1.54, 1.807) is 6.92 Å². The Morgan fingerprint density at radius 2 is 2.21 bits per heavy atom. The van der Waals surface area contributed by atoms with E-state index in [-0.39, 0.29) is 11.9 Å². The molecule has 6 nitrogen and oxygen atoms in total. The van der Waals surface area contributed by atoms with Crippen molar-refractivity contribution in [1.82, 2.24) is 16.0 Å². The lowest BCUT2D eigenvalue weighted by atomic mass is 10.2. The normalized spacial score (nSPS) is 23.9. The largest absolute Gasteiger partial charge is 0.368 e. The Morgan fingerprint density at radius 1 is 1.50 bits per heavy atom. The van der Waals surface area contributed by atoms with Gasteiger partial charge in [-0.2, -0.15) is 0 Å². The monoisotopic (exact) mass is 200 g/mol. The Labute approximate surface area is 82.6 Å². The maximum atomic E-state index is 11.5. The third kappa shape index (κ3) is 2.97. The van der Waals surface area contributed by atoms with Gasteiger partial charge in [-0.3, -0.25) is 9.59 Å². The summed E-state index contributed by atoms with van der Waals surface area (Å²) in [7, 11) is 0. The third-order valence-corrected chi connectivity index (χ3v) is 2.14. The fraction of sp³-hybridized carbons (Fsp3) is 0.750. The van der Waals surface area contributed by atoms with E-state index >= 15 is 0 Å². The second-order valence-corrected chi connectivity index (χ2v) is 3.34. The van der Waals surface area contributed by atoms with Crippen LogP contribution in [0, 0.1) is 0 Å². The lowest BCUT2D eigenvalue weighted by Crippen LogP contribution is -2.58. The average molecular weight is 200 g/mol. The van der Waals surface area contributed by atoms with Crippen molar-refractivity contribution in [3.63, 3.8) is 0 Å². The van der Waals surface area contributed by atoms with Crippen LogP contribution in [0.3, 0.4) is 0 Å². The van der Waals surface area contributed by atoms with Crippen molar-refractivity contribution in [3.8, 4) is 0 Å². The first-order chi connectivity index (χ1) is 6.61. The first-order valence-corrected chi connectivity index (χ1v) is 4.65. The van der Waals surface area contributed by atoms with Gasteiger partial charge in [-0.1, -0.05) is 0 Å². The summed E-state index contributed by atoms with van der Waals surface area (Å²) in [5, 5.41) is 8.65. The summed E-state index contributed by atoms with van der Waals surface area (Å²) in [5.41, 5.74) is 5.02. The van der Waals surface area contributed by atoms with Crippen LogP contribution in [0.25, 0.3) is 0 Å². The lowest BCUT2D eigenvalue weighted by molar-refractivity contribution is -0.128. The zero-order valence-corrected chi connectivity index (χ0v) is 8.17. The summed E-state index contributed by atoms with van der Waals surface area (Å²) < 4.78 is 0. The van der Waals surface area contributed by atoms with Crippen molar-refractivity contribution in [1.29, 1.82) is 0 Å². The molecule has 14 heavy (non-hydrogen) atoms. The van der Waals surface area contributed by atoms with Gasteiger partial charge in [-0.15, -0.1) is 0 Å². The smallest absolute Gasteiger partial charge is 0.239 e. The van der Waals surface area contributed by atoms with Crippen LogP contribution in [0.5, 0.6) is 0 Å². The van der Waals surface area contributed by atoms with Crippen molar-refractivity contribution >= 4 is 11.8 Å². The van der Waals surface area contributed by atoms with Gasteiger partial charge >= 0.3 is 0 Å². The molecule has 0 aromatic rings. The number of amides is 2.